The number of carbonyl (C=O) groups excluding carboxylic acids is 1. The summed E-state index contributed by atoms with van der Waals surface area (Å²) in [6.07, 6.45) is 8.83. The highest BCUT2D eigenvalue weighted by molar-refractivity contribution is 7.99. The Morgan fingerprint density at radius 1 is 1.30 bits per heavy atom. The predicted octanol–water partition coefficient (Wildman–Crippen LogP) is 4.09. The lowest BCUT2D eigenvalue weighted by Gasteiger charge is -2.22. The van der Waals surface area contributed by atoms with Crippen molar-refractivity contribution in [1.82, 2.24) is 9.97 Å². The van der Waals surface area contributed by atoms with Crippen LogP contribution in [0, 0.1) is 11.8 Å². The SMILES string of the molecule is O=C(O)CCSc1ccc(CC(C(=O)Nc2nccs2)C2CCCC2)cn1. The number of hydrogen-bond acceptors (Lipinski definition) is 6. The van der Waals surface area contributed by atoms with E-state index in [1.807, 2.05) is 23.7 Å². The van der Waals surface area contributed by atoms with Crippen LogP contribution in [0.2, 0.25) is 0 Å². The Morgan fingerprint density at radius 3 is 2.74 bits per heavy atom. The monoisotopic (exact) mass is 405 g/mol. The molecule has 2 heterocycles. The Bertz CT molecular complexity index is 744. The fourth-order valence-corrected chi connectivity index (χ4v) is 4.74. The Hall–Kier alpha value is -1.93. The number of aromatic nitrogens is 2. The fourth-order valence-electron chi connectivity index (χ4n) is 3.43. The third-order valence-corrected chi connectivity index (χ3v) is 6.42. The molecular weight excluding hydrogens is 382 g/mol. The first-order valence-electron chi connectivity index (χ1n) is 9.11. The highest BCUT2D eigenvalue weighted by Crippen LogP contribution is 2.34. The fraction of sp³-hybridized carbons (Fsp3) is 0.474. The van der Waals surface area contributed by atoms with Gasteiger partial charge in [-0.3, -0.25) is 9.59 Å². The van der Waals surface area contributed by atoms with Crippen LogP contribution in [0.4, 0.5) is 5.13 Å². The average molecular weight is 406 g/mol. The number of nitrogens with zero attached hydrogens (tertiary/aromatic N) is 2. The molecule has 2 aromatic heterocycles. The third-order valence-electron chi connectivity index (χ3n) is 4.79. The normalized spacial score (nSPS) is 15.6. The van der Waals surface area contributed by atoms with Gasteiger partial charge in [-0.05, 0) is 36.8 Å². The van der Waals surface area contributed by atoms with Crippen molar-refractivity contribution < 1.29 is 14.7 Å². The minimum absolute atomic E-state index is 0.0387. The summed E-state index contributed by atoms with van der Waals surface area (Å²) in [5, 5.41) is 15.0. The van der Waals surface area contributed by atoms with Crippen molar-refractivity contribution in [1.29, 1.82) is 0 Å². The summed E-state index contributed by atoms with van der Waals surface area (Å²) in [6, 6.07) is 3.90. The highest BCUT2D eigenvalue weighted by atomic mass is 32.2. The molecule has 0 radical (unpaired) electrons. The van der Waals surface area contributed by atoms with Crippen LogP contribution in [0.3, 0.4) is 0 Å². The molecule has 1 aliphatic carbocycles. The zero-order chi connectivity index (χ0) is 19.1. The number of hydrogen-bond donors (Lipinski definition) is 2. The topological polar surface area (TPSA) is 92.2 Å². The number of aliphatic carboxylic acids is 1. The number of carbonyl (C=O) groups is 2. The molecule has 0 bridgehead atoms. The third kappa shape index (κ3) is 6.04. The molecule has 1 atom stereocenters. The second-order valence-electron chi connectivity index (χ2n) is 6.68. The van der Waals surface area contributed by atoms with Crippen LogP contribution in [-0.4, -0.2) is 32.7 Å². The second kappa shape index (κ2) is 9.85. The van der Waals surface area contributed by atoms with Crippen LogP contribution in [0.1, 0.15) is 37.7 Å². The first kappa shape index (κ1) is 19.8. The summed E-state index contributed by atoms with van der Waals surface area (Å²) in [6.45, 7) is 0. The molecular formula is C19H23N3O3S2. The molecule has 1 fully saturated rings. The highest BCUT2D eigenvalue weighted by Gasteiger charge is 2.31. The first-order valence-corrected chi connectivity index (χ1v) is 11.0. The van der Waals surface area contributed by atoms with Crippen molar-refractivity contribution in [3.05, 3.63) is 35.5 Å². The molecule has 0 saturated heterocycles. The van der Waals surface area contributed by atoms with E-state index in [-0.39, 0.29) is 18.2 Å². The van der Waals surface area contributed by atoms with Gasteiger partial charge in [-0.2, -0.15) is 0 Å². The van der Waals surface area contributed by atoms with Gasteiger partial charge in [0, 0.05) is 29.4 Å². The predicted molar refractivity (Wildman–Crippen MR) is 107 cm³/mol. The number of rotatable bonds is 9. The summed E-state index contributed by atoms with van der Waals surface area (Å²) in [5.41, 5.74) is 1.03. The smallest absolute Gasteiger partial charge is 0.304 e. The number of nitrogens with one attached hydrogen (secondary N) is 1. The number of anilines is 1. The van der Waals surface area contributed by atoms with Crippen LogP contribution >= 0.6 is 23.1 Å². The Kier molecular flexibility index (Phi) is 7.23. The molecule has 1 amide bonds. The van der Waals surface area contributed by atoms with Gasteiger partial charge in [-0.25, -0.2) is 9.97 Å². The largest absolute Gasteiger partial charge is 0.481 e. The standard InChI is InChI=1S/C19H23N3O3S2/c23-17(24)7-9-26-16-6-5-13(12-21-16)11-15(14-3-1-2-4-14)18(25)22-19-20-8-10-27-19/h5-6,8,10,12,14-15H,1-4,7,9,11H2,(H,23,24)(H,20,22,25). The molecule has 8 heteroatoms. The van der Waals surface area contributed by atoms with Crippen molar-refractivity contribution in [2.45, 2.75) is 43.6 Å². The van der Waals surface area contributed by atoms with Gasteiger partial charge in [0.05, 0.1) is 11.4 Å². The zero-order valence-corrected chi connectivity index (χ0v) is 16.6. The lowest BCUT2D eigenvalue weighted by atomic mass is 9.85. The van der Waals surface area contributed by atoms with Gasteiger partial charge in [0.1, 0.15) is 0 Å². The molecule has 144 valence electrons. The van der Waals surface area contributed by atoms with E-state index in [1.165, 1.54) is 35.9 Å². The Labute approximate surface area is 166 Å². The van der Waals surface area contributed by atoms with Gasteiger partial charge in [-0.15, -0.1) is 23.1 Å². The van der Waals surface area contributed by atoms with E-state index in [4.69, 9.17) is 5.11 Å². The van der Waals surface area contributed by atoms with Gasteiger partial charge in [0.15, 0.2) is 5.13 Å². The van der Waals surface area contributed by atoms with Gasteiger partial charge in [0.25, 0.3) is 0 Å². The second-order valence-corrected chi connectivity index (χ2v) is 8.69. The van der Waals surface area contributed by atoms with Crippen LogP contribution in [0.5, 0.6) is 0 Å². The van der Waals surface area contributed by atoms with Gasteiger partial charge in [-0.1, -0.05) is 18.9 Å². The molecule has 27 heavy (non-hydrogen) atoms. The molecule has 0 spiro atoms. The summed E-state index contributed by atoms with van der Waals surface area (Å²) in [5.74, 6) is 0.0580. The summed E-state index contributed by atoms with van der Waals surface area (Å²) >= 11 is 2.86. The summed E-state index contributed by atoms with van der Waals surface area (Å²) in [7, 11) is 0. The van der Waals surface area contributed by atoms with E-state index in [1.54, 1.807) is 6.20 Å². The van der Waals surface area contributed by atoms with Crippen molar-refractivity contribution in [3.63, 3.8) is 0 Å². The van der Waals surface area contributed by atoms with Crippen LogP contribution in [0.15, 0.2) is 34.9 Å². The van der Waals surface area contributed by atoms with E-state index < -0.39 is 5.97 Å². The lowest BCUT2D eigenvalue weighted by Crippen LogP contribution is -2.30. The molecule has 1 aliphatic rings. The molecule has 1 unspecified atom stereocenters. The lowest BCUT2D eigenvalue weighted by molar-refractivity contribution is -0.136. The molecule has 3 rings (SSSR count). The number of pyridine rings is 1. The van der Waals surface area contributed by atoms with Gasteiger partial charge >= 0.3 is 5.97 Å². The maximum absolute atomic E-state index is 12.8. The molecule has 2 aromatic rings. The van der Waals surface area contributed by atoms with Crippen LogP contribution in [-0.2, 0) is 16.0 Å². The zero-order valence-electron chi connectivity index (χ0n) is 15.0. The average Bonchev–Trinajstić information content (AvgIpc) is 3.34. The Balaban J connectivity index is 1.62. The van der Waals surface area contributed by atoms with Crippen LogP contribution < -0.4 is 5.32 Å². The van der Waals surface area contributed by atoms with E-state index in [0.717, 1.165) is 23.4 Å². The van der Waals surface area contributed by atoms with Gasteiger partial charge in [0.2, 0.25) is 5.91 Å². The van der Waals surface area contributed by atoms with Crippen molar-refractivity contribution in [2.75, 3.05) is 11.1 Å². The summed E-state index contributed by atoms with van der Waals surface area (Å²) in [4.78, 5) is 32.0. The quantitative estimate of drug-likeness (QED) is 0.611. The van der Waals surface area contributed by atoms with Gasteiger partial charge < -0.3 is 10.4 Å². The maximum atomic E-state index is 12.8. The van der Waals surface area contributed by atoms with Crippen molar-refractivity contribution in [2.24, 2.45) is 11.8 Å². The number of thiazole rings is 1. The number of carboxylic acid groups (broad SMARTS) is 1. The van der Waals surface area contributed by atoms with Crippen LogP contribution in [0.25, 0.3) is 0 Å². The van der Waals surface area contributed by atoms with E-state index in [0.29, 0.717) is 23.2 Å². The van der Waals surface area contributed by atoms with Crippen molar-refractivity contribution >= 4 is 40.1 Å². The molecule has 2 N–H and O–H groups in total. The summed E-state index contributed by atoms with van der Waals surface area (Å²) < 4.78 is 0. The van der Waals surface area contributed by atoms with Crippen molar-refractivity contribution in [3.8, 4) is 0 Å². The molecule has 6 nitrogen and oxygen atoms in total. The molecule has 1 saturated carbocycles. The van der Waals surface area contributed by atoms with E-state index in [9.17, 15) is 9.59 Å². The van der Waals surface area contributed by atoms with E-state index in [2.05, 4.69) is 15.3 Å². The minimum Gasteiger partial charge on any atom is -0.481 e. The Morgan fingerprint density at radius 2 is 2.11 bits per heavy atom. The molecule has 0 aromatic carbocycles. The molecule has 0 aliphatic heterocycles. The first-order chi connectivity index (χ1) is 13.1. The number of carboxylic acids is 1. The van der Waals surface area contributed by atoms with E-state index >= 15 is 0 Å². The number of amides is 1. The minimum atomic E-state index is -0.801. The maximum Gasteiger partial charge on any atom is 0.304 e. The number of thioether (sulfide) groups is 1.